The van der Waals surface area contributed by atoms with Gasteiger partial charge in [0, 0.05) is 12.7 Å². The molecular formula is C22H26N4O4. The van der Waals surface area contributed by atoms with Crippen LogP contribution >= 0.6 is 0 Å². The molecule has 0 radical (unpaired) electrons. The minimum absolute atomic E-state index is 0.0479. The molecule has 1 saturated heterocycles. The quantitative estimate of drug-likeness (QED) is 0.783. The van der Waals surface area contributed by atoms with Gasteiger partial charge >= 0.3 is 0 Å². The van der Waals surface area contributed by atoms with Crippen molar-refractivity contribution in [2.75, 3.05) is 37.0 Å². The standard InChI is InChI=1S/C22H26N4O4/c1-30-18-7-5-15(6-8-18)13-26-19-10-16(11-23-21(19)24-12-20(26)28)22(29)25-9-3-2-4-17(25)14-27/h5-8,10-11,17,27H,2-4,9,12-14H2,1H3,(H,23,24). The molecule has 1 atom stereocenters. The van der Waals surface area contributed by atoms with Crippen LogP contribution in [0.15, 0.2) is 36.5 Å². The van der Waals surface area contributed by atoms with Gasteiger partial charge in [0.2, 0.25) is 5.91 Å². The molecule has 1 aromatic carbocycles. The van der Waals surface area contributed by atoms with Crippen molar-refractivity contribution >= 4 is 23.3 Å². The molecule has 1 aromatic heterocycles. The second kappa shape index (κ2) is 8.71. The van der Waals surface area contributed by atoms with E-state index in [-0.39, 0.29) is 31.0 Å². The van der Waals surface area contributed by atoms with Gasteiger partial charge < -0.3 is 25.0 Å². The van der Waals surface area contributed by atoms with Crippen molar-refractivity contribution in [1.29, 1.82) is 0 Å². The maximum absolute atomic E-state index is 13.1. The summed E-state index contributed by atoms with van der Waals surface area (Å²) in [5.74, 6) is 1.08. The van der Waals surface area contributed by atoms with Gasteiger partial charge in [0.1, 0.15) is 5.75 Å². The van der Waals surface area contributed by atoms with Gasteiger partial charge in [0.15, 0.2) is 5.82 Å². The Hall–Kier alpha value is -3.13. The number of piperidine rings is 1. The van der Waals surface area contributed by atoms with E-state index in [1.165, 1.54) is 0 Å². The number of ether oxygens (including phenoxy) is 1. The Morgan fingerprint density at radius 3 is 2.83 bits per heavy atom. The summed E-state index contributed by atoms with van der Waals surface area (Å²) in [6.45, 7) is 1.10. The molecule has 4 rings (SSSR count). The third kappa shape index (κ3) is 3.95. The fraction of sp³-hybridized carbons (Fsp3) is 0.409. The van der Waals surface area contributed by atoms with Crippen LogP contribution in [-0.4, -0.2) is 59.7 Å². The number of aliphatic hydroxyl groups is 1. The van der Waals surface area contributed by atoms with Crippen LogP contribution in [0.2, 0.25) is 0 Å². The summed E-state index contributed by atoms with van der Waals surface area (Å²) in [5.41, 5.74) is 1.96. The third-order valence-electron chi connectivity index (χ3n) is 5.71. The number of carbonyl (C=O) groups is 2. The topological polar surface area (TPSA) is 95.0 Å². The van der Waals surface area contributed by atoms with E-state index in [0.717, 1.165) is 30.6 Å². The second-order valence-electron chi connectivity index (χ2n) is 7.60. The Balaban J connectivity index is 1.61. The minimum atomic E-state index is -0.169. The number of methoxy groups -OCH3 is 1. The molecule has 1 fully saturated rings. The number of hydrogen-bond acceptors (Lipinski definition) is 6. The van der Waals surface area contributed by atoms with Crippen LogP contribution in [0.5, 0.6) is 5.75 Å². The number of anilines is 2. The van der Waals surface area contributed by atoms with Crippen LogP contribution in [0.4, 0.5) is 11.5 Å². The van der Waals surface area contributed by atoms with Crippen molar-refractivity contribution in [3.8, 4) is 5.75 Å². The first-order chi connectivity index (χ1) is 14.6. The second-order valence-corrected chi connectivity index (χ2v) is 7.60. The third-order valence-corrected chi connectivity index (χ3v) is 5.71. The van der Waals surface area contributed by atoms with Crippen molar-refractivity contribution in [3.05, 3.63) is 47.7 Å². The van der Waals surface area contributed by atoms with Crippen molar-refractivity contribution < 1.29 is 19.4 Å². The lowest BCUT2D eigenvalue weighted by molar-refractivity contribution is -0.117. The van der Waals surface area contributed by atoms with Crippen molar-refractivity contribution in [3.63, 3.8) is 0 Å². The zero-order valence-corrected chi connectivity index (χ0v) is 17.0. The largest absolute Gasteiger partial charge is 0.497 e. The van der Waals surface area contributed by atoms with E-state index in [2.05, 4.69) is 10.3 Å². The minimum Gasteiger partial charge on any atom is -0.497 e. The van der Waals surface area contributed by atoms with Gasteiger partial charge in [0.05, 0.1) is 44.1 Å². The van der Waals surface area contributed by atoms with Crippen LogP contribution in [0.1, 0.15) is 35.2 Å². The zero-order valence-electron chi connectivity index (χ0n) is 17.0. The van der Waals surface area contributed by atoms with E-state index in [1.54, 1.807) is 29.2 Å². The summed E-state index contributed by atoms with van der Waals surface area (Å²) in [6, 6.07) is 9.09. The zero-order chi connectivity index (χ0) is 21.1. The maximum Gasteiger partial charge on any atom is 0.255 e. The number of aliphatic hydroxyl groups excluding tert-OH is 1. The maximum atomic E-state index is 13.1. The number of nitrogens with zero attached hydrogens (tertiary/aromatic N) is 3. The number of nitrogens with one attached hydrogen (secondary N) is 1. The van der Waals surface area contributed by atoms with Crippen LogP contribution < -0.4 is 15.0 Å². The highest BCUT2D eigenvalue weighted by Crippen LogP contribution is 2.31. The lowest BCUT2D eigenvalue weighted by atomic mass is 10.0. The van der Waals surface area contributed by atoms with Gasteiger partial charge in [-0.05, 0) is 43.0 Å². The number of pyridine rings is 1. The van der Waals surface area contributed by atoms with E-state index < -0.39 is 0 Å². The van der Waals surface area contributed by atoms with Gasteiger partial charge in [0.25, 0.3) is 5.91 Å². The SMILES string of the molecule is COc1ccc(CN2C(=O)CNc3ncc(C(=O)N4CCCCC4CO)cc32)cc1. The average molecular weight is 410 g/mol. The Bertz CT molecular complexity index is 931. The Morgan fingerprint density at radius 1 is 1.30 bits per heavy atom. The Labute approximate surface area is 175 Å². The van der Waals surface area contributed by atoms with E-state index in [9.17, 15) is 14.7 Å². The number of fused-ring (bicyclic) bond motifs is 1. The molecule has 2 aliphatic heterocycles. The summed E-state index contributed by atoms with van der Waals surface area (Å²) >= 11 is 0. The highest BCUT2D eigenvalue weighted by Gasteiger charge is 2.30. The summed E-state index contributed by atoms with van der Waals surface area (Å²) in [6.07, 6.45) is 4.26. The van der Waals surface area contributed by atoms with Crippen LogP contribution in [0, 0.1) is 0 Å². The molecule has 0 aliphatic carbocycles. The number of hydrogen-bond donors (Lipinski definition) is 2. The van der Waals surface area contributed by atoms with E-state index in [4.69, 9.17) is 4.74 Å². The van der Waals surface area contributed by atoms with Gasteiger partial charge in [-0.2, -0.15) is 0 Å². The lowest BCUT2D eigenvalue weighted by Crippen LogP contribution is -2.46. The highest BCUT2D eigenvalue weighted by molar-refractivity contribution is 6.04. The van der Waals surface area contributed by atoms with E-state index >= 15 is 0 Å². The summed E-state index contributed by atoms with van der Waals surface area (Å²) in [4.78, 5) is 33.5. The molecule has 0 spiro atoms. The molecule has 0 bridgehead atoms. The molecule has 1 unspecified atom stereocenters. The van der Waals surface area contributed by atoms with Gasteiger partial charge in [-0.25, -0.2) is 4.98 Å². The molecule has 2 aromatic rings. The first-order valence-corrected chi connectivity index (χ1v) is 10.2. The molecule has 30 heavy (non-hydrogen) atoms. The fourth-order valence-electron chi connectivity index (χ4n) is 4.01. The van der Waals surface area contributed by atoms with E-state index in [1.807, 2.05) is 24.3 Å². The number of carbonyl (C=O) groups excluding carboxylic acids is 2. The first-order valence-electron chi connectivity index (χ1n) is 10.2. The molecule has 2 aliphatic rings. The molecule has 2 amide bonds. The lowest BCUT2D eigenvalue weighted by Gasteiger charge is -2.35. The summed E-state index contributed by atoms with van der Waals surface area (Å²) < 4.78 is 5.19. The van der Waals surface area contributed by atoms with Crippen molar-refractivity contribution in [1.82, 2.24) is 9.88 Å². The smallest absolute Gasteiger partial charge is 0.255 e. The number of likely N-dealkylation sites (tertiary alicyclic amines) is 1. The highest BCUT2D eigenvalue weighted by atomic mass is 16.5. The van der Waals surface area contributed by atoms with Crippen LogP contribution in [0.25, 0.3) is 0 Å². The summed E-state index contributed by atoms with van der Waals surface area (Å²) in [7, 11) is 1.61. The molecule has 8 nitrogen and oxygen atoms in total. The number of benzene rings is 1. The molecule has 8 heteroatoms. The number of aromatic nitrogens is 1. The number of amides is 2. The van der Waals surface area contributed by atoms with Crippen LogP contribution in [-0.2, 0) is 11.3 Å². The molecular weight excluding hydrogens is 384 g/mol. The molecule has 158 valence electrons. The monoisotopic (exact) mass is 410 g/mol. The molecule has 2 N–H and O–H groups in total. The average Bonchev–Trinajstić information content (AvgIpc) is 2.80. The van der Waals surface area contributed by atoms with Gasteiger partial charge in [-0.15, -0.1) is 0 Å². The van der Waals surface area contributed by atoms with Crippen molar-refractivity contribution in [2.24, 2.45) is 0 Å². The fourth-order valence-corrected chi connectivity index (χ4v) is 4.01. The van der Waals surface area contributed by atoms with E-state index in [0.29, 0.717) is 30.2 Å². The predicted molar refractivity (Wildman–Crippen MR) is 113 cm³/mol. The van der Waals surface area contributed by atoms with Gasteiger partial charge in [-0.1, -0.05) is 12.1 Å². The Morgan fingerprint density at radius 2 is 2.10 bits per heavy atom. The molecule has 3 heterocycles. The Kier molecular flexibility index (Phi) is 5.85. The van der Waals surface area contributed by atoms with Gasteiger partial charge in [-0.3, -0.25) is 9.59 Å². The van der Waals surface area contributed by atoms with Crippen molar-refractivity contribution in [2.45, 2.75) is 31.8 Å². The normalized spacial score (nSPS) is 18.6. The number of rotatable bonds is 5. The molecule has 0 saturated carbocycles. The first kappa shape index (κ1) is 20.2. The van der Waals surface area contributed by atoms with Crippen LogP contribution in [0.3, 0.4) is 0 Å². The summed E-state index contributed by atoms with van der Waals surface area (Å²) in [5, 5.41) is 12.7. The predicted octanol–water partition coefficient (Wildman–Crippen LogP) is 2.04.